The van der Waals surface area contributed by atoms with E-state index in [2.05, 4.69) is 10.0 Å². The fourth-order valence-corrected chi connectivity index (χ4v) is 3.69. The van der Waals surface area contributed by atoms with Gasteiger partial charge in [0.15, 0.2) is 11.5 Å². The number of non-ortho nitro benzene ring substituents is 1. The van der Waals surface area contributed by atoms with Crippen LogP contribution < -0.4 is 19.5 Å². The quantitative estimate of drug-likeness (QED) is 0.392. The summed E-state index contributed by atoms with van der Waals surface area (Å²) in [7, 11) is -3.94. The molecule has 0 aromatic heterocycles. The number of ether oxygens (including phenoxy) is 2. The number of carbonyl (C=O) groups is 1. The molecule has 0 radical (unpaired) electrons. The number of hydrogen-bond acceptors (Lipinski definition) is 7. The summed E-state index contributed by atoms with van der Waals surface area (Å²) in [5, 5.41) is 13.4. The Morgan fingerprint density at radius 3 is 2.59 bits per heavy atom. The van der Waals surface area contributed by atoms with Gasteiger partial charge in [-0.3, -0.25) is 14.9 Å². The summed E-state index contributed by atoms with van der Waals surface area (Å²) in [4.78, 5) is 22.2. The molecule has 1 amide bonds. The number of amides is 1. The van der Waals surface area contributed by atoms with Crippen LogP contribution in [0.4, 0.5) is 5.69 Å². The van der Waals surface area contributed by atoms with E-state index in [9.17, 15) is 23.3 Å². The topological polar surface area (TPSA) is 137 Å². The van der Waals surface area contributed by atoms with Crippen LogP contribution in [0, 0.1) is 10.1 Å². The van der Waals surface area contributed by atoms with E-state index >= 15 is 0 Å². The average Bonchev–Trinajstić information content (AvgIpc) is 2.96. The monoisotopic (exact) mass is 421 g/mol. The Morgan fingerprint density at radius 2 is 1.83 bits per heavy atom. The van der Waals surface area contributed by atoms with Gasteiger partial charge < -0.3 is 14.8 Å². The molecule has 2 aromatic carbocycles. The van der Waals surface area contributed by atoms with E-state index in [0.717, 1.165) is 12.5 Å². The van der Waals surface area contributed by atoms with Crippen LogP contribution in [-0.2, 0) is 10.0 Å². The predicted molar refractivity (Wildman–Crippen MR) is 103 cm³/mol. The Labute approximate surface area is 167 Å². The number of nitrogens with zero attached hydrogens (tertiary/aromatic N) is 1. The molecule has 3 rings (SSSR count). The maximum Gasteiger partial charge on any atom is 0.270 e. The lowest BCUT2D eigenvalue weighted by molar-refractivity contribution is -0.385. The number of carbonyl (C=O) groups excluding carboxylic acids is 1. The SMILES string of the molecule is O=C(NCCNS(=O)(=O)c1cccc([N+](=O)[O-])c1)c1ccc2c(c1)OCCCO2. The molecule has 154 valence electrons. The molecular formula is C18H19N3O7S. The Hall–Kier alpha value is -3.18. The van der Waals surface area contributed by atoms with Gasteiger partial charge in [0.05, 0.1) is 23.0 Å². The molecular weight excluding hydrogens is 402 g/mol. The molecule has 0 spiro atoms. The number of nitrogens with one attached hydrogen (secondary N) is 2. The first-order valence-electron chi connectivity index (χ1n) is 8.79. The van der Waals surface area contributed by atoms with Crippen molar-refractivity contribution in [2.24, 2.45) is 0 Å². The molecule has 0 saturated carbocycles. The summed E-state index contributed by atoms with van der Waals surface area (Å²) in [6, 6.07) is 9.54. The van der Waals surface area contributed by atoms with Gasteiger partial charge in [0.25, 0.3) is 11.6 Å². The van der Waals surface area contributed by atoms with Crippen LogP contribution in [0.1, 0.15) is 16.8 Å². The highest BCUT2D eigenvalue weighted by Crippen LogP contribution is 2.30. The highest BCUT2D eigenvalue weighted by atomic mass is 32.2. The Kier molecular flexibility index (Phi) is 6.29. The van der Waals surface area contributed by atoms with Gasteiger partial charge in [-0.2, -0.15) is 0 Å². The molecule has 11 heteroatoms. The lowest BCUT2D eigenvalue weighted by Gasteiger charge is -2.10. The minimum Gasteiger partial charge on any atom is -0.490 e. The van der Waals surface area contributed by atoms with Crippen LogP contribution >= 0.6 is 0 Å². The zero-order chi connectivity index (χ0) is 20.9. The number of nitro groups is 1. The normalized spacial score (nSPS) is 13.4. The lowest BCUT2D eigenvalue weighted by Crippen LogP contribution is -2.34. The van der Waals surface area contributed by atoms with Crippen molar-refractivity contribution >= 4 is 21.6 Å². The van der Waals surface area contributed by atoms with Gasteiger partial charge in [-0.15, -0.1) is 0 Å². The van der Waals surface area contributed by atoms with Gasteiger partial charge in [0.1, 0.15) is 0 Å². The summed E-state index contributed by atoms with van der Waals surface area (Å²) in [5.74, 6) is 0.667. The minimum absolute atomic E-state index is 0.0292. The predicted octanol–water partition coefficient (Wildman–Crippen LogP) is 1.46. The molecule has 10 nitrogen and oxygen atoms in total. The zero-order valence-electron chi connectivity index (χ0n) is 15.3. The van der Waals surface area contributed by atoms with Gasteiger partial charge in [-0.05, 0) is 24.3 Å². The molecule has 0 bridgehead atoms. The summed E-state index contributed by atoms with van der Waals surface area (Å²) in [6.07, 6.45) is 0.751. The van der Waals surface area contributed by atoms with Gasteiger partial charge in [-0.1, -0.05) is 6.07 Å². The molecule has 2 aromatic rings. The number of hydrogen-bond donors (Lipinski definition) is 2. The van der Waals surface area contributed by atoms with E-state index < -0.39 is 20.9 Å². The Bertz CT molecular complexity index is 1020. The zero-order valence-corrected chi connectivity index (χ0v) is 16.1. The van der Waals surface area contributed by atoms with E-state index in [-0.39, 0.29) is 23.7 Å². The van der Waals surface area contributed by atoms with Gasteiger partial charge in [0, 0.05) is 37.2 Å². The van der Waals surface area contributed by atoms with Crippen LogP contribution in [0.3, 0.4) is 0 Å². The van der Waals surface area contributed by atoms with Crippen LogP contribution in [0.2, 0.25) is 0 Å². The standard InChI is InChI=1S/C18H19N3O7S/c22-18(13-5-6-16-17(11-13)28-10-2-9-27-16)19-7-8-20-29(25,26)15-4-1-3-14(12-15)21(23)24/h1,3-6,11-12,20H,2,7-10H2,(H,19,22). The number of fused-ring (bicyclic) bond motifs is 1. The highest BCUT2D eigenvalue weighted by molar-refractivity contribution is 7.89. The van der Waals surface area contributed by atoms with Gasteiger partial charge in [0.2, 0.25) is 10.0 Å². The lowest BCUT2D eigenvalue weighted by atomic mass is 10.2. The summed E-state index contributed by atoms with van der Waals surface area (Å²) in [6.45, 7) is 0.990. The van der Waals surface area contributed by atoms with E-state index in [1.54, 1.807) is 18.2 Å². The minimum atomic E-state index is -3.94. The van der Waals surface area contributed by atoms with E-state index in [1.165, 1.54) is 18.2 Å². The number of rotatable bonds is 7. The van der Waals surface area contributed by atoms with Crippen molar-refractivity contribution in [2.75, 3.05) is 26.3 Å². The molecule has 2 N–H and O–H groups in total. The number of nitro benzene ring substituents is 1. The Morgan fingerprint density at radius 1 is 1.07 bits per heavy atom. The molecule has 0 aliphatic carbocycles. The molecule has 0 fully saturated rings. The smallest absolute Gasteiger partial charge is 0.270 e. The second kappa shape index (κ2) is 8.88. The molecule has 0 saturated heterocycles. The molecule has 1 heterocycles. The Balaban J connectivity index is 1.55. The van der Waals surface area contributed by atoms with Crippen LogP contribution in [0.25, 0.3) is 0 Å². The van der Waals surface area contributed by atoms with Crippen molar-refractivity contribution in [1.82, 2.24) is 10.0 Å². The summed E-state index contributed by atoms with van der Waals surface area (Å²) >= 11 is 0. The van der Waals surface area contributed by atoms with Crippen molar-refractivity contribution in [3.8, 4) is 11.5 Å². The van der Waals surface area contributed by atoms with Gasteiger partial charge in [-0.25, -0.2) is 13.1 Å². The van der Waals surface area contributed by atoms with E-state index in [4.69, 9.17) is 9.47 Å². The maximum atomic E-state index is 12.3. The van der Waals surface area contributed by atoms with Crippen molar-refractivity contribution < 1.29 is 27.6 Å². The van der Waals surface area contributed by atoms with Crippen molar-refractivity contribution in [3.05, 3.63) is 58.1 Å². The third-order valence-corrected chi connectivity index (χ3v) is 5.51. The first-order chi connectivity index (χ1) is 13.9. The molecule has 1 aliphatic rings. The van der Waals surface area contributed by atoms with Crippen LogP contribution in [0.15, 0.2) is 47.4 Å². The first kappa shape index (κ1) is 20.6. The molecule has 0 atom stereocenters. The highest BCUT2D eigenvalue weighted by Gasteiger charge is 2.18. The third kappa shape index (κ3) is 5.21. The van der Waals surface area contributed by atoms with Crippen LogP contribution in [-0.4, -0.2) is 45.6 Å². The molecule has 0 unspecified atom stereocenters. The fourth-order valence-electron chi connectivity index (χ4n) is 2.62. The summed E-state index contributed by atoms with van der Waals surface area (Å²) in [5.41, 5.74) is 0.0337. The third-order valence-electron chi connectivity index (χ3n) is 4.05. The van der Waals surface area contributed by atoms with Crippen molar-refractivity contribution in [2.45, 2.75) is 11.3 Å². The second-order valence-electron chi connectivity index (χ2n) is 6.12. The largest absolute Gasteiger partial charge is 0.490 e. The molecule has 29 heavy (non-hydrogen) atoms. The summed E-state index contributed by atoms with van der Waals surface area (Å²) < 4.78 is 37.8. The first-order valence-corrected chi connectivity index (χ1v) is 10.3. The second-order valence-corrected chi connectivity index (χ2v) is 7.89. The average molecular weight is 421 g/mol. The maximum absolute atomic E-state index is 12.3. The van der Waals surface area contributed by atoms with E-state index in [0.29, 0.717) is 30.3 Å². The van der Waals surface area contributed by atoms with Gasteiger partial charge >= 0.3 is 0 Å². The molecule has 1 aliphatic heterocycles. The van der Waals surface area contributed by atoms with Crippen LogP contribution in [0.5, 0.6) is 11.5 Å². The van der Waals surface area contributed by atoms with E-state index in [1.807, 2.05) is 0 Å². The van der Waals surface area contributed by atoms with Crippen molar-refractivity contribution in [3.63, 3.8) is 0 Å². The number of benzene rings is 2. The fraction of sp³-hybridized carbons (Fsp3) is 0.278. The number of sulfonamides is 1. The van der Waals surface area contributed by atoms with Crippen molar-refractivity contribution in [1.29, 1.82) is 0 Å².